The van der Waals surface area contributed by atoms with Gasteiger partial charge in [0, 0.05) is 5.56 Å². The van der Waals surface area contributed by atoms with Gasteiger partial charge in [-0.2, -0.15) is 0 Å². The molecule has 0 fully saturated rings. The number of nitrogens with zero attached hydrogens (tertiary/aromatic N) is 3. The fourth-order valence-electron chi connectivity index (χ4n) is 1.77. The topological polar surface area (TPSA) is 68.0 Å². The standard InChI is InChI=1S/C13H13N3O2/c1-2-8-16-13(10-6-4-3-5-7-10)11(14-15-16)9-12(17)18/h2-7H,1,8-9H2,(H,17,18). The molecule has 0 saturated heterocycles. The first-order chi connectivity index (χ1) is 8.72. The van der Waals surface area contributed by atoms with Crippen LogP contribution in [-0.4, -0.2) is 26.1 Å². The molecule has 1 N–H and O–H groups in total. The summed E-state index contributed by atoms with van der Waals surface area (Å²) in [6.45, 7) is 4.15. The van der Waals surface area contributed by atoms with Crippen molar-refractivity contribution in [2.75, 3.05) is 0 Å². The molecule has 2 aromatic rings. The quantitative estimate of drug-likeness (QED) is 0.812. The lowest BCUT2D eigenvalue weighted by molar-refractivity contribution is -0.136. The number of hydrogen-bond acceptors (Lipinski definition) is 3. The first-order valence-electron chi connectivity index (χ1n) is 5.53. The summed E-state index contributed by atoms with van der Waals surface area (Å²) in [4.78, 5) is 10.8. The van der Waals surface area contributed by atoms with Gasteiger partial charge < -0.3 is 5.11 Å². The molecule has 0 saturated carbocycles. The van der Waals surface area contributed by atoms with Crippen LogP contribution in [0.5, 0.6) is 0 Å². The van der Waals surface area contributed by atoms with Gasteiger partial charge in [0.2, 0.25) is 0 Å². The van der Waals surface area contributed by atoms with E-state index in [1.54, 1.807) is 10.8 Å². The van der Waals surface area contributed by atoms with E-state index in [4.69, 9.17) is 5.11 Å². The minimum absolute atomic E-state index is 0.138. The molecule has 1 heterocycles. The van der Waals surface area contributed by atoms with Crippen molar-refractivity contribution in [1.29, 1.82) is 0 Å². The molecular formula is C13H13N3O2. The molecule has 0 unspecified atom stereocenters. The van der Waals surface area contributed by atoms with Gasteiger partial charge in [-0.3, -0.25) is 4.79 Å². The van der Waals surface area contributed by atoms with Gasteiger partial charge in [0.1, 0.15) is 5.69 Å². The number of hydrogen-bond donors (Lipinski definition) is 1. The summed E-state index contributed by atoms with van der Waals surface area (Å²) >= 11 is 0. The molecule has 0 bridgehead atoms. The highest BCUT2D eigenvalue weighted by molar-refractivity contribution is 5.73. The number of carboxylic acids is 1. The predicted molar refractivity (Wildman–Crippen MR) is 67.0 cm³/mol. The van der Waals surface area contributed by atoms with E-state index in [-0.39, 0.29) is 6.42 Å². The molecule has 92 valence electrons. The molecule has 0 aliphatic carbocycles. The molecule has 0 amide bonds. The van der Waals surface area contributed by atoms with E-state index >= 15 is 0 Å². The predicted octanol–water partition coefficient (Wildman–Crippen LogP) is 1.76. The van der Waals surface area contributed by atoms with Crippen molar-refractivity contribution in [1.82, 2.24) is 15.0 Å². The van der Waals surface area contributed by atoms with Crippen LogP contribution >= 0.6 is 0 Å². The van der Waals surface area contributed by atoms with E-state index in [0.717, 1.165) is 11.3 Å². The van der Waals surface area contributed by atoms with Crippen molar-refractivity contribution in [2.45, 2.75) is 13.0 Å². The van der Waals surface area contributed by atoms with Crippen molar-refractivity contribution in [2.24, 2.45) is 0 Å². The second-order valence-electron chi connectivity index (χ2n) is 3.79. The third-order valence-corrected chi connectivity index (χ3v) is 2.47. The number of rotatable bonds is 5. The van der Waals surface area contributed by atoms with Gasteiger partial charge >= 0.3 is 5.97 Å². The monoisotopic (exact) mass is 243 g/mol. The molecular weight excluding hydrogens is 230 g/mol. The van der Waals surface area contributed by atoms with Crippen LogP contribution in [0.3, 0.4) is 0 Å². The van der Waals surface area contributed by atoms with Gasteiger partial charge in [-0.15, -0.1) is 11.7 Å². The summed E-state index contributed by atoms with van der Waals surface area (Å²) in [5.74, 6) is -0.919. The Labute approximate surface area is 104 Å². The van der Waals surface area contributed by atoms with Crippen molar-refractivity contribution in [3.63, 3.8) is 0 Å². The number of allylic oxidation sites excluding steroid dienone is 1. The number of aromatic nitrogens is 3. The maximum atomic E-state index is 10.8. The molecule has 0 spiro atoms. The lowest BCUT2D eigenvalue weighted by Gasteiger charge is -2.05. The second-order valence-corrected chi connectivity index (χ2v) is 3.79. The van der Waals surface area contributed by atoms with Crippen LogP contribution in [0, 0.1) is 0 Å². The molecule has 0 radical (unpaired) electrons. The van der Waals surface area contributed by atoms with Gasteiger partial charge in [0.25, 0.3) is 0 Å². The third kappa shape index (κ3) is 2.45. The Morgan fingerprint density at radius 2 is 2.11 bits per heavy atom. The average molecular weight is 243 g/mol. The summed E-state index contributed by atoms with van der Waals surface area (Å²) in [7, 11) is 0. The van der Waals surface area contributed by atoms with E-state index in [1.807, 2.05) is 30.3 Å². The molecule has 5 heteroatoms. The molecule has 0 aliphatic rings. The summed E-state index contributed by atoms with van der Waals surface area (Å²) in [6, 6.07) is 9.51. The molecule has 1 aromatic heterocycles. The highest BCUT2D eigenvalue weighted by atomic mass is 16.4. The molecule has 5 nitrogen and oxygen atoms in total. The van der Waals surface area contributed by atoms with Gasteiger partial charge in [0.05, 0.1) is 18.7 Å². The van der Waals surface area contributed by atoms with Crippen LogP contribution in [0.2, 0.25) is 0 Å². The number of aliphatic carboxylic acids is 1. The molecule has 0 atom stereocenters. The van der Waals surface area contributed by atoms with Crippen LogP contribution in [-0.2, 0) is 17.8 Å². The van der Waals surface area contributed by atoms with Crippen LogP contribution < -0.4 is 0 Å². The average Bonchev–Trinajstić information content (AvgIpc) is 2.73. The third-order valence-electron chi connectivity index (χ3n) is 2.47. The number of benzene rings is 1. The van der Waals surface area contributed by atoms with Crippen molar-refractivity contribution >= 4 is 5.97 Å². The Hall–Kier alpha value is -2.43. The van der Waals surface area contributed by atoms with Crippen LogP contribution in [0.15, 0.2) is 43.0 Å². The van der Waals surface area contributed by atoms with Crippen molar-refractivity contribution in [3.05, 3.63) is 48.7 Å². The minimum Gasteiger partial charge on any atom is -0.481 e. The van der Waals surface area contributed by atoms with Crippen molar-refractivity contribution in [3.8, 4) is 11.3 Å². The SMILES string of the molecule is C=CCn1nnc(CC(=O)O)c1-c1ccccc1. The number of carboxylic acid groups (broad SMARTS) is 1. The Balaban J connectivity index is 2.50. The van der Waals surface area contributed by atoms with E-state index in [1.165, 1.54) is 0 Å². The van der Waals surface area contributed by atoms with E-state index < -0.39 is 5.97 Å². The van der Waals surface area contributed by atoms with E-state index in [9.17, 15) is 4.79 Å². The zero-order chi connectivity index (χ0) is 13.0. The second kappa shape index (κ2) is 5.27. The van der Waals surface area contributed by atoms with Crippen LogP contribution in [0.25, 0.3) is 11.3 Å². The molecule has 18 heavy (non-hydrogen) atoms. The van der Waals surface area contributed by atoms with E-state index in [0.29, 0.717) is 12.2 Å². The first kappa shape index (κ1) is 12.0. The normalized spacial score (nSPS) is 10.2. The smallest absolute Gasteiger partial charge is 0.309 e. The zero-order valence-electron chi connectivity index (χ0n) is 9.78. The zero-order valence-corrected chi connectivity index (χ0v) is 9.78. The fourth-order valence-corrected chi connectivity index (χ4v) is 1.77. The summed E-state index contributed by atoms with van der Waals surface area (Å²) < 4.78 is 1.65. The van der Waals surface area contributed by atoms with Gasteiger partial charge in [-0.1, -0.05) is 41.6 Å². The number of carbonyl (C=O) groups is 1. The van der Waals surface area contributed by atoms with Gasteiger partial charge in [-0.05, 0) is 0 Å². The van der Waals surface area contributed by atoms with Crippen molar-refractivity contribution < 1.29 is 9.90 Å². The summed E-state index contributed by atoms with van der Waals surface area (Å²) in [6.07, 6.45) is 1.56. The van der Waals surface area contributed by atoms with Gasteiger partial charge in [-0.25, -0.2) is 4.68 Å². The molecule has 0 aliphatic heterocycles. The van der Waals surface area contributed by atoms with E-state index in [2.05, 4.69) is 16.9 Å². The van der Waals surface area contributed by atoms with Crippen LogP contribution in [0.1, 0.15) is 5.69 Å². The Kier molecular flexibility index (Phi) is 3.52. The highest BCUT2D eigenvalue weighted by Gasteiger charge is 2.16. The maximum Gasteiger partial charge on any atom is 0.309 e. The Morgan fingerprint density at radius 1 is 1.39 bits per heavy atom. The fraction of sp³-hybridized carbons (Fsp3) is 0.154. The largest absolute Gasteiger partial charge is 0.481 e. The molecule has 2 rings (SSSR count). The lowest BCUT2D eigenvalue weighted by Crippen LogP contribution is -2.04. The van der Waals surface area contributed by atoms with Gasteiger partial charge in [0.15, 0.2) is 0 Å². The molecule has 1 aromatic carbocycles. The highest BCUT2D eigenvalue weighted by Crippen LogP contribution is 2.22. The van der Waals surface area contributed by atoms with Crippen LogP contribution in [0.4, 0.5) is 0 Å². The maximum absolute atomic E-state index is 10.8. The summed E-state index contributed by atoms with van der Waals surface area (Å²) in [5.41, 5.74) is 2.11. The minimum atomic E-state index is -0.919. The Bertz CT molecular complexity index is 561. The Morgan fingerprint density at radius 3 is 2.72 bits per heavy atom. The lowest BCUT2D eigenvalue weighted by atomic mass is 10.1. The summed E-state index contributed by atoms with van der Waals surface area (Å²) in [5, 5.41) is 16.8. The first-order valence-corrected chi connectivity index (χ1v) is 5.53.